The van der Waals surface area contributed by atoms with Gasteiger partial charge in [-0.05, 0) is 23.0 Å². The first-order valence-electron chi connectivity index (χ1n) is 9.42. The molecule has 30 heavy (non-hydrogen) atoms. The summed E-state index contributed by atoms with van der Waals surface area (Å²) in [4.78, 5) is 21.3. The fourth-order valence-electron chi connectivity index (χ4n) is 2.67. The number of carbonyl (C=O) groups excluding carboxylic acids is 1. The van der Waals surface area contributed by atoms with Crippen molar-refractivity contribution in [2.45, 2.75) is 63.9 Å². The number of para-hydroxylation sites is 1. The highest BCUT2D eigenvalue weighted by Gasteiger charge is 2.37. The zero-order valence-corrected chi connectivity index (χ0v) is 18.5. The second-order valence-corrected chi connectivity index (χ2v) is 8.83. The van der Waals surface area contributed by atoms with Crippen molar-refractivity contribution in [2.75, 3.05) is 13.7 Å². The van der Waals surface area contributed by atoms with E-state index in [1.54, 1.807) is 12.1 Å². The van der Waals surface area contributed by atoms with Crippen LogP contribution in [0, 0.1) is 0 Å². The minimum atomic E-state index is -4.73. The second kappa shape index (κ2) is 11.2. The van der Waals surface area contributed by atoms with E-state index in [0.717, 1.165) is 7.11 Å². The van der Waals surface area contributed by atoms with Crippen molar-refractivity contribution in [1.82, 2.24) is 0 Å². The van der Waals surface area contributed by atoms with Crippen LogP contribution in [0.3, 0.4) is 0 Å². The Morgan fingerprint density at radius 1 is 1.00 bits per heavy atom. The summed E-state index contributed by atoms with van der Waals surface area (Å²) in [6, 6.07) is 5.33. The van der Waals surface area contributed by atoms with Crippen LogP contribution in [-0.4, -0.2) is 69.4 Å². The Bertz CT molecular complexity index is 725. The summed E-state index contributed by atoms with van der Waals surface area (Å²) in [6.45, 7) is 6.65. The van der Waals surface area contributed by atoms with Crippen LogP contribution in [0.4, 0.5) is 0 Å². The maximum Gasteiger partial charge on any atom is 0.527 e. The zero-order valence-electron chi connectivity index (χ0n) is 17.6. The van der Waals surface area contributed by atoms with Crippen LogP contribution in [0.25, 0.3) is 0 Å². The van der Waals surface area contributed by atoms with Gasteiger partial charge in [-0.25, -0.2) is 9.36 Å². The van der Waals surface area contributed by atoms with Gasteiger partial charge in [0.2, 0.25) is 0 Å². The molecule has 0 fully saturated rings. The van der Waals surface area contributed by atoms with E-state index >= 15 is 0 Å². The highest BCUT2D eigenvalue weighted by atomic mass is 31.2. The summed E-state index contributed by atoms with van der Waals surface area (Å²) >= 11 is 0. The van der Waals surface area contributed by atoms with Crippen LogP contribution in [0.5, 0.6) is 5.75 Å². The Balaban J connectivity index is 2.91. The predicted molar refractivity (Wildman–Crippen MR) is 107 cm³/mol. The van der Waals surface area contributed by atoms with Crippen LogP contribution in [-0.2, 0) is 18.6 Å². The Morgan fingerprint density at radius 2 is 1.50 bits per heavy atom. The molecule has 172 valence electrons. The summed E-state index contributed by atoms with van der Waals surface area (Å²) in [7, 11) is -3.76. The smallest absolute Gasteiger partial charge is 0.467 e. The first-order chi connectivity index (χ1) is 13.8. The Hall–Kier alpha value is -1.52. The monoisotopic (exact) mass is 450 g/mol. The Kier molecular flexibility index (Phi) is 9.90. The topological polar surface area (TPSA) is 163 Å². The maximum atomic E-state index is 12.5. The van der Waals surface area contributed by atoms with E-state index in [1.165, 1.54) is 0 Å². The van der Waals surface area contributed by atoms with Gasteiger partial charge < -0.3 is 29.7 Å². The normalized spacial score (nSPS) is 17.9. The number of esters is 1. The highest BCUT2D eigenvalue weighted by molar-refractivity contribution is 7.47. The fraction of sp³-hybridized carbons (Fsp3) is 0.632. The molecule has 0 aliphatic heterocycles. The molecule has 1 aromatic carbocycles. The second-order valence-electron chi connectivity index (χ2n) is 7.45. The van der Waals surface area contributed by atoms with Crippen LogP contribution < -0.4 is 4.52 Å². The van der Waals surface area contributed by atoms with Gasteiger partial charge in [-0.1, -0.05) is 45.9 Å². The van der Waals surface area contributed by atoms with Gasteiger partial charge >= 0.3 is 13.8 Å². The third-order valence-electron chi connectivity index (χ3n) is 4.45. The molecule has 1 unspecified atom stereocenters. The first-order valence-corrected chi connectivity index (χ1v) is 10.9. The lowest BCUT2D eigenvalue weighted by atomic mass is 9.94. The number of benzene rings is 1. The molecule has 0 radical (unpaired) electrons. The number of ether oxygens (including phenoxy) is 1. The third kappa shape index (κ3) is 7.02. The summed E-state index contributed by atoms with van der Waals surface area (Å²) in [5.74, 6) is -1.05. The van der Waals surface area contributed by atoms with Gasteiger partial charge in [0.15, 0.2) is 6.10 Å². The van der Waals surface area contributed by atoms with Crippen LogP contribution in [0.1, 0.15) is 50.7 Å². The van der Waals surface area contributed by atoms with E-state index in [1.807, 2.05) is 33.8 Å². The van der Waals surface area contributed by atoms with Crippen molar-refractivity contribution in [3.63, 3.8) is 0 Å². The van der Waals surface area contributed by atoms with E-state index in [9.17, 15) is 34.7 Å². The van der Waals surface area contributed by atoms with Gasteiger partial charge in [0, 0.05) is 0 Å². The molecule has 0 bridgehead atoms. The van der Waals surface area contributed by atoms with Crippen LogP contribution in [0.15, 0.2) is 18.2 Å². The number of phosphoric ester groups is 1. The largest absolute Gasteiger partial charge is 0.527 e. The molecule has 10 nitrogen and oxygen atoms in total. The quantitative estimate of drug-likeness (QED) is 0.243. The van der Waals surface area contributed by atoms with Crippen molar-refractivity contribution >= 4 is 13.8 Å². The molecule has 0 aliphatic carbocycles. The zero-order chi connectivity index (χ0) is 23.2. The lowest BCUT2D eigenvalue weighted by molar-refractivity contribution is -0.167. The Labute approximate surface area is 175 Å². The van der Waals surface area contributed by atoms with E-state index in [2.05, 4.69) is 4.74 Å². The van der Waals surface area contributed by atoms with Crippen molar-refractivity contribution in [3.05, 3.63) is 29.3 Å². The first kappa shape index (κ1) is 26.5. The fourth-order valence-corrected chi connectivity index (χ4v) is 3.51. The van der Waals surface area contributed by atoms with E-state index in [0.29, 0.717) is 11.1 Å². The molecular weight excluding hydrogens is 419 g/mol. The summed E-state index contributed by atoms with van der Waals surface area (Å²) in [5.41, 5.74) is 1.38. The summed E-state index contributed by atoms with van der Waals surface area (Å²) < 4.78 is 26.7. The number of carbonyl (C=O) groups is 1. The minimum absolute atomic E-state index is 0.0129. The molecule has 1 rings (SSSR count). The summed E-state index contributed by atoms with van der Waals surface area (Å²) in [6.07, 6.45) is -8.20. The SMILES string of the molecule is COC(=O)[C@H](O)[C@@H](O)[C@H](O)[C@H](O)COP(=O)(O)Oc1c(C(C)C)cccc1C(C)C. The molecule has 0 heterocycles. The number of rotatable bonds is 11. The third-order valence-corrected chi connectivity index (χ3v) is 5.33. The number of aliphatic hydroxyl groups excluding tert-OH is 4. The van der Waals surface area contributed by atoms with Gasteiger partial charge in [0.05, 0.1) is 13.7 Å². The molecule has 5 N–H and O–H groups in total. The Morgan fingerprint density at radius 3 is 1.93 bits per heavy atom. The average Bonchev–Trinajstić information content (AvgIpc) is 2.69. The highest BCUT2D eigenvalue weighted by Crippen LogP contribution is 2.48. The number of methoxy groups -OCH3 is 1. The standard InChI is InChI=1S/C19H31O10P/c1-10(2)12-7-6-8-13(11(3)4)18(12)29-30(25,26)28-9-14(20)15(21)16(22)17(23)19(24)27-5/h6-8,10-11,14-17,20-23H,9H2,1-5H3,(H,25,26)/t14-,15-,16+,17-/m1/s1. The number of phosphoric acid groups is 1. The molecule has 0 aliphatic rings. The van der Waals surface area contributed by atoms with E-state index in [-0.39, 0.29) is 17.6 Å². The lowest BCUT2D eigenvalue weighted by Gasteiger charge is -2.26. The van der Waals surface area contributed by atoms with Gasteiger partial charge in [-0.15, -0.1) is 0 Å². The van der Waals surface area contributed by atoms with E-state index < -0.39 is 44.8 Å². The molecule has 5 atom stereocenters. The molecule has 1 aromatic rings. The number of hydrogen-bond donors (Lipinski definition) is 5. The van der Waals surface area contributed by atoms with Gasteiger partial charge in [0.25, 0.3) is 0 Å². The van der Waals surface area contributed by atoms with Gasteiger partial charge in [0.1, 0.15) is 24.1 Å². The molecule has 0 aromatic heterocycles. The van der Waals surface area contributed by atoms with Gasteiger partial charge in [-0.3, -0.25) is 9.42 Å². The molecule has 0 amide bonds. The molecule has 11 heteroatoms. The van der Waals surface area contributed by atoms with E-state index in [4.69, 9.17) is 9.05 Å². The van der Waals surface area contributed by atoms with Crippen LogP contribution in [0.2, 0.25) is 0 Å². The number of aliphatic hydroxyl groups is 4. The average molecular weight is 450 g/mol. The molecular formula is C19H31O10P. The minimum Gasteiger partial charge on any atom is -0.467 e. The van der Waals surface area contributed by atoms with Crippen LogP contribution >= 0.6 is 7.82 Å². The van der Waals surface area contributed by atoms with Gasteiger partial charge in [-0.2, -0.15) is 0 Å². The summed E-state index contributed by atoms with van der Waals surface area (Å²) in [5, 5.41) is 39.0. The number of hydrogen-bond acceptors (Lipinski definition) is 9. The lowest BCUT2D eigenvalue weighted by Crippen LogP contribution is -2.49. The molecule has 0 spiro atoms. The molecule has 0 saturated heterocycles. The van der Waals surface area contributed by atoms with Crippen molar-refractivity contribution in [1.29, 1.82) is 0 Å². The predicted octanol–water partition coefficient (Wildman–Crippen LogP) is 1.05. The van der Waals surface area contributed by atoms with Crippen molar-refractivity contribution in [2.24, 2.45) is 0 Å². The molecule has 0 saturated carbocycles. The van der Waals surface area contributed by atoms with Crippen molar-refractivity contribution < 1.29 is 48.5 Å². The van der Waals surface area contributed by atoms with Crippen molar-refractivity contribution in [3.8, 4) is 5.75 Å². The maximum absolute atomic E-state index is 12.5.